The molecule has 9 nitrogen and oxygen atoms in total. The largest absolute Gasteiger partial charge is 0.495 e. The van der Waals surface area contributed by atoms with Gasteiger partial charge in [0.25, 0.3) is 15.9 Å². The molecule has 1 heterocycles. The minimum absolute atomic E-state index is 0.0254. The summed E-state index contributed by atoms with van der Waals surface area (Å²) in [6.45, 7) is -0.333. The molecule has 0 atom stereocenters. The van der Waals surface area contributed by atoms with Gasteiger partial charge in [0, 0.05) is 16.3 Å². The summed E-state index contributed by atoms with van der Waals surface area (Å²) in [5.74, 6) is -2.81. The van der Waals surface area contributed by atoms with Crippen molar-refractivity contribution >= 4 is 44.9 Å². The van der Waals surface area contributed by atoms with E-state index in [4.69, 9.17) is 26.2 Å². The third kappa shape index (κ3) is 4.22. The van der Waals surface area contributed by atoms with E-state index in [0.717, 1.165) is 16.4 Å². The average molecular weight is 507 g/mol. The lowest BCUT2D eigenvalue weighted by Crippen LogP contribution is -2.30. The van der Waals surface area contributed by atoms with Gasteiger partial charge in [-0.2, -0.15) is 0 Å². The van der Waals surface area contributed by atoms with Crippen molar-refractivity contribution in [3.63, 3.8) is 0 Å². The number of methoxy groups -OCH3 is 1. The number of carboxylic acid groups (broad SMARTS) is 1. The van der Waals surface area contributed by atoms with Gasteiger partial charge in [0.15, 0.2) is 6.73 Å². The van der Waals surface area contributed by atoms with Gasteiger partial charge in [-0.3, -0.25) is 4.79 Å². The van der Waals surface area contributed by atoms with E-state index in [1.54, 1.807) is 0 Å². The van der Waals surface area contributed by atoms with Crippen LogP contribution in [0.5, 0.6) is 11.5 Å². The van der Waals surface area contributed by atoms with Crippen molar-refractivity contribution in [2.24, 2.45) is 0 Å². The first-order chi connectivity index (χ1) is 16.1. The number of halogens is 2. The molecule has 0 saturated carbocycles. The number of carboxylic acids is 1. The Bertz CT molecular complexity index is 1430. The van der Waals surface area contributed by atoms with Gasteiger partial charge in [0.2, 0.25) is 0 Å². The molecule has 1 amide bonds. The fourth-order valence-corrected chi connectivity index (χ4v) is 5.06. The molecule has 1 aliphatic heterocycles. The minimum Gasteiger partial charge on any atom is -0.495 e. The number of ether oxygens (including phenoxy) is 2. The number of carbonyl (C=O) groups is 2. The highest BCUT2D eigenvalue weighted by Gasteiger charge is 2.35. The second-order valence-corrected chi connectivity index (χ2v) is 9.33. The summed E-state index contributed by atoms with van der Waals surface area (Å²) in [6.07, 6.45) is 0. The number of aromatic carboxylic acids is 1. The second-order valence-electron chi connectivity index (χ2n) is 7.06. The number of anilines is 2. The van der Waals surface area contributed by atoms with Crippen LogP contribution in [-0.4, -0.2) is 39.2 Å². The molecule has 1 aliphatic rings. The Kier molecular flexibility index (Phi) is 6.07. The van der Waals surface area contributed by atoms with Gasteiger partial charge in [-0.1, -0.05) is 11.6 Å². The predicted molar refractivity (Wildman–Crippen MR) is 121 cm³/mol. The summed E-state index contributed by atoms with van der Waals surface area (Å²) in [4.78, 5) is 23.5. The van der Waals surface area contributed by atoms with Crippen LogP contribution in [0.4, 0.5) is 15.8 Å². The molecule has 0 unspecified atom stereocenters. The zero-order chi connectivity index (χ0) is 24.6. The zero-order valence-corrected chi connectivity index (χ0v) is 19.0. The highest BCUT2D eigenvalue weighted by Crippen LogP contribution is 2.40. The SMILES string of the molecule is COc1ccc(Cl)cc1S(=O)(=O)N1COc2ccc(C(=O)Nc3ccc(C(=O)O)c(F)c3)cc21. The lowest BCUT2D eigenvalue weighted by atomic mass is 10.1. The molecular formula is C22H16ClFN2O7S. The first-order valence-electron chi connectivity index (χ1n) is 9.59. The van der Waals surface area contributed by atoms with Gasteiger partial charge in [-0.15, -0.1) is 0 Å². The molecule has 0 saturated heterocycles. The second kappa shape index (κ2) is 8.84. The summed E-state index contributed by atoms with van der Waals surface area (Å²) in [5.41, 5.74) is -0.338. The Morgan fingerprint density at radius 3 is 2.59 bits per heavy atom. The van der Waals surface area contributed by atoms with Crippen molar-refractivity contribution in [1.82, 2.24) is 0 Å². The van der Waals surface area contributed by atoms with Crippen molar-refractivity contribution in [3.05, 3.63) is 76.6 Å². The van der Waals surface area contributed by atoms with Gasteiger partial charge >= 0.3 is 5.97 Å². The molecule has 0 spiro atoms. The van der Waals surface area contributed by atoms with Gasteiger partial charge in [0.1, 0.15) is 22.2 Å². The number of carbonyl (C=O) groups excluding carboxylic acids is 1. The van der Waals surface area contributed by atoms with E-state index in [2.05, 4.69) is 5.32 Å². The molecule has 2 N–H and O–H groups in total. The standard InChI is InChI=1S/C22H16ClFN2O7S/c1-32-19-7-3-13(23)9-20(19)34(30,31)26-11-33-18-6-2-12(8-17(18)26)21(27)25-14-4-5-15(22(28)29)16(24)10-14/h2-10H,11H2,1H3,(H,25,27)(H,28,29). The Morgan fingerprint density at radius 1 is 1.15 bits per heavy atom. The number of benzene rings is 3. The summed E-state index contributed by atoms with van der Waals surface area (Å²) in [7, 11) is -2.85. The molecule has 3 aromatic carbocycles. The Balaban J connectivity index is 1.65. The topological polar surface area (TPSA) is 122 Å². The number of sulfonamides is 1. The van der Waals surface area contributed by atoms with E-state index in [-0.39, 0.29) is 45.1 Å². The third-order valence-corrected chi connectivity index (χ3v) is 6.97. The number of fused-ring (bicyclic) bond motifs is 1. The van der Waals surface area contributed by atoms with Gasteiger partial charge < -0.3 is 19.9 Å². The van der Waals surface area contributed by atoms with Gasteiger partial charge in [0.05, 0.1) is 18.4 Å². The lowest BCUT2D eigenvalue weighted by Gasteiger charge is -2.19. The maximum absolute atomic E-state index is 13.9. The van der Waals surface area contributed by atoms with E-state index >= 15 is 0 Å². The molecule has 176 valence electrons. The summed E-state index contributed by atoms with van der Waals surface area (Å²) >= 11 is 5.99. The normalized spacial score (nSPS) is 12.6. The van der Waals surface area contributed by atoms with Crippen LogP contribution < -0.4 is 19.1 Å². The van der Waals surface area contributed by atoms with Crippen molar-refractivity contribution in [2.75, 3.05) is 23.5 Å². The molecule has 12 heteroatoms. The highest BCUT2D eigenvalue weighted by molar-refractivity contribution is 7.93. The van der Waals surface area contributed by atoms with E-state index in [0.29, 0.717) is 0 Å². The third-order valence-electron chi connectivity index (χ3n) is 4.98. The first-order valence-corrected chi connectivity index (χ1v) is 11.4. The maximum Gasteiger partial charge on any atom is 0.338 e. The Morgan fingerprint density at radius 2 is 1.91 bits per heavy atom. The summed E-state index contributed by atoms with van der Waals surface area (Å²) in [5, 5.41) is 11.6. The molecule has 3 aromatic rings. The van der Waals surface area contributed by atoms with Crippen molar-refractivity contribution < 1.29 is 37.0 Å². The molecule has 0 aliphatic carbocycles. The average Bonchev–Trinajstić information content (AvgIpc) is 3.23. The first kappa shape index (κ1) is 23.3. The van der Waals surface area contributed by atoms with Crippen LogP contribution >= 0.6 is 11.6 Å². The molecule has 0 fully saturated rings. The lowest BCUT2D eigenvalue weighted by molar-refractivity contribution is 0.0691. The molecule has 4 rings (SSSR count). The fourth-order valence-electron chi connectivity index (χ4n) is 3.31. The predicted octanol–water partition coefficient (Wildman–Crippen LogP) is 3.98. The molecule has 34 heavy (non-hydrogen) atoms. The van der Waals surface area contributed by atoms with E-state index in [1.165, 1.54) is 49.6 Å². The van der Waals surface area contributed by atoms with Gasteiger partial charge in [-0.25, -0.2) is 21.9 Å². The molecule has 0 radical (unpaired) electrons. The van der Waals surface area contributed by atoms with Crippen LogP contribution in [-0.2, 0) is 10.0 Å². The number of nitrogens with zero attached hydrogens (tertiary/aromatic N) is 1. The number of amides is 1. The number of nitrogens with one attached hydrogen (secondary N) is 1. The van der Waals surface area contributed by atoms with Crippen LogP contribution in [0.25, 0.3) is 0 Å². The van der Waals surface area contributed by atoms with E-state index < -0.39 is 33.3 Å². The molecule has 0 bridgehead atoms. The summed E-state index contributed by atoms with van der Waals surface area (Å²) < 4.78 is 52.2. The Hall–Kier alpha value is -3.83. The van der Waals surface area contributed by atoms with Crippen LogP contribution in [0.1, 0.15) is 20.7 Å². The Labute approximate surface area is 198 Å². The quantitative estimate of drug-likeness (QED) is 0.518. The van der Waals surface area contributed by atoms with Crippen molar-refractivity contribution in [3.8, 4) is 11.5 Å². The fraction of sp³-hybridized carbons (Fsp3) is 0.0909. The monoisotopic (exact) mass is 506 g/mol. The zero-order valence-electron chi connectivity index (χ0n) is 17.4. The number of hydrogen-bond acceptors (Lipinski definition) is 6. The van der Waals surface area contributed by atoms with Crippen molar-refractivity contribution in [1.29, 1.82) is 0 Å². The number of rotatable bonds is 6. The smallest absolute Gasteiger partial charge is 0.338 e. The molecular weight excluding hydrogens is 491 g/mol. The van der Waals surface area contributed by atoms with E-state index in [1.807, 2.05) is 0 Å². The van der Waals surface area contributed by atoms with Crippen LogP contribution in [0, 0.1) is 5.82 Å². The van der Waals surface area contributed by atoms with Crippen LogP contribution in [0.2, 0.25) is 5.02 Å². The van der Waals surface area contributed by atoms with Gasteiger partial charge in [-0.05, 0) is 54.6 Å². The van der Waals surface area contributed by atoms with E-state index in [9.17, 15) is 22.4 Å². The molecule has 0 aromatic heterocycles. The minimum atomic E-state index is -4.18. The van der Waals surface area contributed by atoms with Crippen molar-refractivity contribution in [2.45, 2.75) is 4.90 Å². The number of hydrogen-bond donors (Lipinski definition) is 2. The van der Waals surface area contributed by atoms with Crippen LogP contribution in [0.3, 0.4) is 0 Å². The van der Waals surface area contributed by atoms with Crippen LogP contribution in [0.15, 0.2) is 59.5 Å². The summed E-state index contributed by atoms with van der Waals surface area (Å²) in [6, 6.07) is 11.5. The maximum atomic E-state index is 13.9. The highest BCUT2D eigenvalue weighted by atomic mass is 35.5.